The zero-order valence-electron chi connectivity index (χ0n) is 12.0. The zero-order valence-corrected chi connectivity index (χ0v) is 13.5. The van der Waals surface area contributed by atoms with Crippen molar-refractivity contribution in [2.45, 2.75) is 44.2 Å². The molecule has 4 rings (SSSR count). The topological polar surface area (TPSA) is 12.5 Å². The average molecular weight is 324 g/mol. The molecule has 0 amide bonds. The predicted octanol–water partition coefficient (Wildman–Crippen LogP) is 5.14. The Morgan fingerprint density at radius 3 is 2.67 bits per heavy atom. The van der Waals surface area contributed by atoms with Crippen LogP contribution in [0.4, 0.5) is 0 Å². The molecule has 2 fully saturated rings. The lowest BCUT2D eigenvalue weighted by atomic mass is 9.82. The molecule has 1 aliphatic carbocycles. The standard InChI is InChI=1S/C17H19Cl2NO/c18-14-10-12-9-13-5-1-2-6-17(13,20-7-3-4-8-20)21-16(12)15(19)11-14/h9-11H,1-8H2/t17-/m0/s1. The van der Waals surface area contributed by atoms with Gasteiger partial charge in [0.25, 0.3) is 0 Å². The molecular formula is C17H19Cl2NO. The number of nitrogens with zero attached hydrogens (tertiary/aromatic N) is 1. The molecule has 2 heterocycles. The van der Waals surface area contributed by atoms with Crippen LogP contribution in [0.1, 0.15) is 44.1 Å². The molecule has 4 heteroatoms. The Morgan fingerprint density at radius 2 is 1.86 bits per heavy atom. The molecule has 0 bridgehead atoms. The summed E-state index contributed by atoms with van der Waals surface area (Å²) in [7, 11) is 0. The monoisotopic (exact) mass is 323 g/mol. The maximum Gasteiger partial charge on any atom is 0.186 e. The van der Waals surface area contributed by atoms with Crippen LogP contribution >= 0.6 is 23.2 Å². The first-order valence-electron chi connectivity index (χ1n) is 7.83. The van der Waals surface area contributed by atoms with E-state index in [0.717, 1.165) is 37.2 Å². The number of likely N-dealkylation sites (tertiary alicyclic amines) is 1. The molecule has 2 nitrogen and oxygen atoms in total. The summed E-state index contributed by atoms with van der Waals surface area (Å²) in [4.78, 5) is 2.52. The molecule has 1 saturated heterocycles. The molecular weight excluding hydrogens is 305 g/mol. The van der Waals surface area contributed by atoms with Crippen molar-refractivity contribution in [2.75, 3.05) is 13.1 Å². The third-order valence-corrected chi connectivity index (χ3v) is 5.47. The fourth-order valence-electron chi connectivity index (χ4n) is 3.99. The van der Waals surface area contributed by atoms with Gasteiger partial charge in [0, 0.05) is 30.1 Å². The summed E-state index contributed by atoms with van der Waals surface area (Å²) >= 11 is 12.5. The van der Waals surface area contributed by atoms with Gasteiger partial charge in [-0.1, -0.05) is 23.2 Å². The third-order valence-electron chi connectivity index (χ3n) is 4.97. The summed E-state index contributed by atoms with van der Waals surface area (Å²) < 4.78 is 6.56. The minimum Gasteiger partial charge on any atom is -0.467 e. The van der Waals surface area contributed by atoms with Crippen LogP contribution in [0.15, 0.2) is 17.7 Å². The number of benzene rings is 1. The normalized spacial score (nSPS) is 28.6. The van der Waals surface area contributed by atoms with E-state index >= 15 is 0 Å². The number of hydrogen-bond donors (Lipinski definition) is 0. The molecule has 0 radical (unpaired) electrons. The van der Waals surface area contributed by atoms with Crippen LogP contribution in [-0.4, -0.2) is 23.7 Å². The average Bonchev–Trinajstić information content (AvgIpc) is 3.00. The van der Waals surface area contributed by atoms with Crippen molar-refractivity contribution in [1.82, 2.24) is 4.90 Å². The first kappa shape index (κ1) is 13.9. The lowest BCUT2D eigenvalue weighted by Crippen LogP contribution is -2.55. The summed E-state index contributed by atoms with van der Waals surface area (Å²) in [5.41, 5.74) is 2.18. The maximum absolute atomic E-state index is 6.56. The van der Waals surface area contributed by atoms with Gasteiger partial charge in [0.2, 0.25) is 0 Å². The Balaban J connectivity index is 1.83. The highest BCUT2D eigenvalue weighted by Crippen LogP contribution is 2.49. The minimum atomic E-state index is -0.251. The van der Waals surface area contributed by atoms with Gasteiger partial charge >= 0.3 is 0 Å². The van der Waals surface area contributed by atoms with Gasteiger partial charge in [-0.3, -0.25) is 4.90 Å². The summed E-state index contributed by atoms with van der Waals surface area (Å²) in [5.74, 6) is 0.804. The van der Waals surface area contributed by atoms with Gasteiger partial charge in [-0.25, -0.2) is 0 Å². The second kappa shape index (κ2) is 5.19. The first-order valence-corrected chi connectivity index (χ1v) is 8.59. The smallest absolute Gasteiger partial charge is 0.186 e. The SMILES string of the molecule is Clc1cc(Cl)c2c(c1)C=C1CCCC[C@]1(N1CCCC1)O2. The van der Waals surface area contributed by atoms with Crippen LogP contribution < -0.4 is 4.74 Å². The summed E-state index contributed by atoms with van der Waals surface area (Å²) in [6, 6.07) is 3.74. The van der Waals surface area contributed by atoms with E-state index in [0.29, 0.717) is 10.0 Å². The fourth-order valence-corrected chi connectivity index (χ4v) is 4.54. The lowest BCUT2D eigenvalue weighted by molar-refractivity contribution is -0.0612. The van der Waals surface area contributed by atoms with E-state index in [4.69, 9.17) is 27.9 Å². The summed E-state index contributed by atoms with van der Waals surface area (Å²) in [6.45, 7) is 2.25. The Bertz CT molecular complexity index is 607. The molecule has 0 unspecified atom stereocenters. The Kier molecular flexibility index (Phi) is 3.44. The highest BCUT2D eigenvalue weighted by atomic mass is 35.5. The highest BCUT2D eigenvalue weighted by Gasteiger charge is 2.47. The third kappa shape index (κ3) is 2.19. The lowest BCUT2D eigenvalue weighted by Gasteiger charge is -2.48. The molecule has 21 heavy (non-hydrogen) atoms. The quantitative estimate of drug-likeness (QED) is 0.709. The van der Waals surface area contributed by atoms with E-state index in [2.05, 4.69) is 11.0 Å². The largest absolute Gasteiger partial charge is 0.467 e. The molecule has 0 aromatic heterocycles. The molecule has 0 N–H and O–H groups in total. The van der Waals surface area contributed by atoms with Gasteiger partial charge in [-0.05, 0) is 55.9 Å². The first-order chi connectivity index (χ1) is 10.2. The van der Waals surface area contributed by atoms with Gasteiger partial charge in [-0.15, -0.1) is 0 Å². The summed E-state index contributed by atoms with van der Waals surface area (Å²) in [6.07, 6.45) is 9.44. The van der Waals surface area contributed by atoms with Gasteiger partial charge < -0.3 is 4.74 Å². The second-order valence-corrected chi connectivity index (χ2v) is 7.11. The van der Waals surface area contributed by atoms with Crippen LogP contribution in [0.5, 0.6) is 5.75 Å². The van der Waals surface area contributed by atoms with Crippen molar-refractivity contribution >= 4 is 29.3 Å². The maximum atomic E-state index is 6.56. The number of hydrogen-bond acceptors (Lipinski definition) is 2. The molecule has 1 atom stereocenters. The van der Waals surface area contributed by atoms with E-state index in [9.17, 15) is 0 Å². The van der Waals surface area contributed by atoms with E-state index in [1.807, 2.05) is 6.07 Å². The van der Waals surface area contributed by atoms with Crippen molar-refractivity contribution in [3.63, 3.8) is 0 Å². The summed E-state index contributed by atoms with van der Waals surface area (Å²) in [5, 5.41) is 1.29. The molecule has 1 saturated carbocycles. The van der Waals surface area contributed by atoms with Gasteiger partial charge in [0.1, 0.15) is 5.75 Å². The molecule has 2 aliphatic heterocycles. The van der Waals surface area contributed by atoms with Crippen molar-refractivity contribution in [1.29, 1.82) is 0 Å². The Labute approximate surface area is 135 Å². The van der Waals surface area contributed by atoms with Crippen molar-refractivity contribution in [3.05, 3.63) is 33.3 Å². The van der Waals surface area contributed by atoms with Crippen LogP contribution in [0, 0.1) is 0 Å². The predicted molar refractivity (Wildman–Crippen MR) is 87.1 cm³/mol. The van der Waals surface area contributed by atoms with Crippen molar-refractivity contribution < 1.29 is 4.74 Å². The van der Waals surface area contributed by atoms with Crippen LogP contribution in [-0.2, 0) is 0 Å². The minimum absolute atomic E-state index is 0.251. The van der Waals surface area contributed by atoms with E-state index in [-0.39, 0.29) is 5.72 Å². The highest BCUT2D eigenvalue weighted by molar-refractivity contribution is 6.36. The van der Waals surface area contributed by atoms with Crippen LogP contribution in [0.25, 0.3) is 6.08 Å². The van der Waals surface area contributed by atoms with Crippen molar-refractivity contribution in [3.8, 4) is 5.75 Å². The molecule has 3 aliphatic rings. The van der Waals surface area contributed by atoms with Gasteiger partial charge in [-0.2, -0.15) is 0 Å². The molecule has 0 spiro atoms. The van der Waals surface area contributed by atoms with Crippen LogP contribution in [0.3, 0.4) is 0 Å². The van der Waals surface area contributed by atoms with Crippen LogP contribution in [0.2, 0.25) is 10.0 Å². The number of ether oxygens (including phenoxy) is 1. The zero-order chi connectivity index (χ0) is 14.4. The molecule has 1 aromatic carbocycles. The Morgan fingerprint density at radius 1 is 1.05 bits per heavy atom. The molecule has 1 aromatic rings. The van der Waals surface area contributed by atoms with Crippen molar-refractivity contribution in [2.24, 2.45) is 0 Å². The molecule has 112 valence electrons. The van der Waals surface area contributed by atoms with E-state index in [1.165, 1.54) is 31.3 Å². The second-order valence-electron chi connectivity index (χ2n) is 6.26. The van der Waals surface area contributed by atoms with E-state index < -0.39 is 0 Å². The van der Waals surface area contributed by atoms with E-state index in [1.54, 1.807) is 6.07 Å². The van der Waals surface area contributed by atoms with Gasteiger partial charge in [0.05, 0.1) is 5.02 Å². The number of rotatable bonds is 1. The fraction of sp³-hybridized carbons (Fsp3) is 0.529. The number of fused-ring (bicyclic) bond motifs is 2. The Hall–Kier alpha value is -0.700. The van der Waals surface area contributed by atoms with Gasteiger partial charge in [0.15, 0.2) is 5.72 Å². The number of halogens is 2.